The summed E-state index contributed by atoms with van der Waals surface area (Å²) >= 11 is 0. The van der Waals surface area contributed by atoms with Gasteiger partial charge in [0.1, 0.15) is 0 Å². The van der Waals surface area contributed by atoms with Gasteiger partial charge in [-0.25, -0.2) is 0 Å². The maximum absolute atomic E-state index is 13.3. The summed E-state index contributed by atoms with van der Waals surface area (Å²) in [7, 11) is 0. The normalized spacial score (nSPS) is 25.7. The highest BCUT2D eigenvalue weighted by Gasteiger charge is 2.88. The van der Waals surface area contributed by atoms with Crippen LogP contribution in [0.1, 0.15) is 25.7 Å². The molecule has 0 amide bonds. The number of hydrogen-bond acceptors (Lipinski definition) is 4. The van der Waals surface area contributed by atoms with Gasteiger partial charge in [0.15, 0.2) is 5.60 Å². The van der Waals surface area contributed by atoms with Crippen molar-refractivity contribution in [2.24, 2.45) is 5.92 Å². The van der Waals surface area contributed by atoms with Crippen molar-refractivity contribution in [1.82, 2.24) is 0 Å². The second-order valence-electron chi connectivity index (χ2n) is 6.37. The van der Waals surface area contributed by atoms with Crippen molar-refractivity contribution in [3.05, 3.63) is 0 Å². The van der Waals surface area contributed by atoms with E-state index in [1.807, 2.05) is 0 Å². The summed E-state index contributed by atoms with van der Waals surface area (Å²) in [5.74, 6) is -4.10. The summed E-state index contributed by atoms with van der Waals surface area (Å²) in [5, 5.41) is 19.1. The van der Waals surface area contributed by atoms with Crippen LogP contribution in [-0.4, -0.2) is 58.2 Å². The first-order chi connectivity index (χ1) is 12.6. The fraction of sp³-hybridized carbons (Fsp3) is 0.923. The molecule has 0 saturated heterocycles. The van der Waals surface area contributed by atoms with Crippen molar-refractivity contribution in [3.63, 3.8) is 0 Å². The van der Waals surface area contributed by atoms with Crippen LogP contribution in [0.4, 0.5) is 52.7 Å². The third-order valence-electron chi connectivity index (χ3n) is 4.91. The maximum Gasteiger partial charge on any atom is 0.430 e. The van der Waals surface area contributed by atoms with Gasteiger partial charge < -0.3 is 14.9 Å². The van der Waals surface area contributed by atoms with Crippen LogP contribution >= 0.6 is 0 Å². The fourth-order valence-corrected chi connectivity index (χ4v) is 3.63. The Morgan fingerprint density at radius 3 is 1.48 bits per heavy atom. The second-order valence-corrected chi connectivity index (χ2v) is 6.37. The summed E-state index contributed by atoms with van der Waals surface area (Å²) in [6.07, 6.45) is -32.9. The highest BCUT2D eigenvalue weighted by atomic mass is 19.4. The minimum Gasteiger partial charge on any atom is -0.457 e. The quantitative estimate of drug-likeness (QED) is 0.495. The molecule has 2 atom stereocenters. The van der Waals surface area contributed by atoms with Gasteiger partial charge in [0.25, 0.3) is 17.7 Å². The predicted octanol–water partition coefficient (Wildman–Crippen LogP) is 3.80. The zero-order valence-electron chi connectivity index (χ0n) is 13.7. The van der Waals surface area contributed by atoms with Crippen molar-refractivity contribution >= 4 is 6.47 Å². The standard InChI is InChI=1S/C13H12F12O4/c14-10(15,16)8(27,11(17,18)19)6-3-1-2-4-7(6,29-5-26)9(28,12(20,21)22)13(23,24)25/h5-6,27-28H,1-4H2. The van der Waals surface area contributed by atoms with Crippen LogP contribution in [0.2, 0.25) is 0 Å². The summed E-state index contributed by atoms with van der Waals surface area (Å²) in [4.78, 5) is 10.6. The van der Waals surface area contributed by atoms with E-state index in [0.717, 1.165) is 0 Å². The molecule has 2 N–H and O–H groups in total. The molecule has 4 nitrogen and oxygen atoms in total. The average Bonchev–Trinajstić information content (AvgIpc) is 2.49. The van der Waals surface area contributed by atoms with Crippen LogP contribution in [0.15, 0.2) is 0 Å². The van der Waals surface area contributed by atoms with Gasteiger partial charge in [0.05, 0.1) is 0 Å². The highest BCUT2D eigenvalue weighted by molar-refractivity contribution is 5.41. The maximum atomic E-state index is 13.3. The van der Waals surface area contributed by atoms with Crippen molar-refractivity contribution in [1.29, 1.82) is 0 Å². The Kier molecular flexibility index (Phi) is 6.23. The summed E-state index contributed by atoms with van der Waals surface area (Å²) in [6, 6.07) is 0. The van der Waals surface area contributed by atoms with E-state index in [1.54, 1.807) is 0 Å². The molecule has 29 heavy (non-hydrogen) atoms. The van der Waals surface area contributed by atoms with Crippen molar-refractivity contribution in [2.45, 2.75) is 67.2 Å². The molecular formula is C13H12F12O4. The Bertz CT molecular complexity index is 577. The summed E-state index contributed by atoms with van der Waals surface area (Å²) in [5.41, 5.74) is -17.4. The van der Waals surface area contributed by atoms with Gasteiger partial charge in [0.2, 0.25) is 0 Å². The zero-order chi connectivity index (χ0) is 23.3. The van der Waals surface area contributed by atoms with E-state index in [1.165, 1.54) is 0 Å². The molecule has 1 rings (SSSR count). The van der Waals surface area contributed by atoms with E-state index in [9.17, 15) is 67.7 Å². The molecule has 0 bridgehead atoms. The lowest BCUT2D eigenvalue weighted by atomic mass is 9.59. The zero-order valence-corrected chi connectivity index (χ0v) is 13.7. The molecule has 0 aromatic rings. The number of carbonyl (C=O) groups is 1. The van der Waals surface area contributed by atoms with Crippen LogP contribution < -0.4 is 0 Å². The number of carbonyl (C=O) groups excluding carboxylic acids is 1. The first-order valence-corrected chi connectivity index (χ1v) is 7.48. The number of aliphatic hydroxyl groups is 2. The fourth-order valence-electron chi connectivity index (χ4n) is 3.63. The van der Waals surface area contributed by atoms with Gasteiger partial charge in [-0.15, -0.1) is 0 Å². The molecule has 1 fully saturated rings. The van der Waals surface area contributed by atoms with Gasteiger partial charge >= 0.3 is 24.7 Å². The van der Waals surface area contributed by atoms with E-state index in [2.05, 4.69) is 4.74 Å². The first-order valence-electron chi connectivity index (χ1n) is 7.48. The van der Waals surface area contributed by atoms with Crippen molar-refractivity contribution < 1.29 is 72.4 Å². The number of halogens is 12. The minimum atomic E-state index is -6.94. The number of rotatable bonds is 4. The largest absolute Gasteiger partial charge is 0.457 e. The summed E-state index contributed by atoms with van der Waals surface area (Å²) in [6.45, 7) is -1.24. The van der Waals surface area contributed by atoms with Crippen LogP contribution in [0, 0.1) is 5.92 Å². The summed E-state index contributed by atoms with van der Waals surface area (Å²) < 4.78 is 163. The van der Waals surface area contributed by atoms with E-state index >= 15 is 0 Å². The van der Waals surface area contributed by atoms with Crippen molar-refractivity contribution in [2.75, 3.05) is 0 Å². The molecule has 0 aromatic heterocycles. The van der Waals surface area contributed by atoms with Gasteiger partial charge in [-0.05, 0) is 19.3 Å². The van der Waals surface area contributed by atoms with Gasteiger partial charge in [-0.1, -0.05) is 6.42 Å². The number of hydrogen-bond donors (Lipinski definition) is 2. The second kappa shape index (κ2) is 7.06. The predicted molar refractivity (Wildman–Crippen MR) is 66.0 cm³/mol. The van der Waals surface area contributed by atoms with Gasteiger partial charge in [-0.3, -0.25) is 4.79 Å². The smallest absolute Gasteiger partial charge is 0.430 e. The molecule has 1 aliphatic carbocycles. The average molecular weight is 460 g/mol. The SMILES string of the molecule is O=COC1(C(O)(C(F)(F)F)C(F)(F)F)CCCCC1C(O)(C(F)(F)F)C(F)(F)F. The molecule has 2 unspecified atom stereocenters. The molecule has 172 valence electrons. The van der Waals surface area contributed by atoms with E-state index in [4.69, 9.17) is 0 Å². The molecule has 1 aliphatic rings. The highest BCUT2D eigenvalue weighted by Crippen LogP contribution is 2.63. The van der Waals surface area contributed by atoms with Crippen LogP contribution in [0.25, 0.3) is 0 Å². The van der Waals surface area contributed by atoms with E-state index in [0.29, 0.717) is 0 Å². The number of alkyl halides is 12. The lowest BCUT2D eigenvalue weighted by Crippen LogP contribution is -2.79. The molecule has 0 aliphatic heterocycles. The number of ether oxygens (including phenoxy) is 1. The molecular weight excluding hydrogens is 448 g/mol. The Morgan fingerprint density at radius 1 is 0.759 bits per heavy atom. The lowest BCUT2D eigenvalue weighted by Gasteiger charge is -2.56. The minimum absolute atomic E-state index is 0.797. The lowest BCUT2D eigenvalue weighted by molar-refractivity contribution is -0.452. The molecule has 0 radical (unpaired) electrons. The third-order valence-corrected chi connectivity index (χ3v) is 4.91. The van der Waals surface area contributed by atoms with Crippen LogP contribution in [0.5, 0.6) is 0 Å². The monoisotopic (exact) mass is 460 g/mol. The topological polar surface area (TPSA) is 66.8 Å². The van der Waals surface area contributed by atoms with Crippen molar-refractivity contribution in [3.8, 4) is 0 Å². The Morgan fingerprint density at radius 2 is 1.17 bits per heavy atom. The molecule has 16 heteroatoms. The first kappa shape index (κ1) is 25.6. The van der Waals surface area contributed by atoms with Gasteiger partial charge in [-0.2, -0.15) is 52.7 Å². The van der Waals surface area contributed by atoms with Gasteiger partial charge in [0, 0.05) is 5.92 Å². The Hall–Kier alpha value is -1.45. The Balaban J connectivity index is 4.06. The Labute approximate surface area is 153 Å². The van der Waals surface area contributed by atoms with Crippen LogP contribution in [0.3, 0.4) is 0 Å². The molecule has 0 aromatic carbocycles. The third kappa shape index (κ3) is 3.51. The van der Waals surface area contributed by atoms with E-state index in [-0.39, 0.29) is 0 Å². The molecule has 0 spiro atoms. The molecule has 1 saturated carbocycles. The van der Waals surface area contributed by atoms with Crippen LogP contribution in [-0.2, 0) is 9.53 Å². The van der Waals surface area contributed by atoms with E-state index < -0.39 is 79.6 Å². The molecule has 0 heterocycles.